The van der Waals surface area contributed by atoms with Crippen LogP contribution in [0.2, 0.25) is 0 Å². The molecule has 2 heteroatoms. The molecule has 2 unspecified atom stereocenters. The molecule has 0 aromatic carbocycles. The highest BCUT2D eigenvalue weighted by Gasteiger charge is 2.55. The van der Waals surface area contributed by atoms with E-state index < -0.39 is 0 Å². The molecule has 2 atom stereocenters. The third-order valence-corrected chi connectivity index (χ3v) is 5.58. The van der Waals surface area contributed by atoms with Crippen LogP contribution in [0.3, 0.4) is 0 Å². The van der Waals surface area contributed by atoms with E-state index in [0.29, 0.717) is 17.6 Å². The summed E-state index contributed by atoms with van der Waals surface area (Å²) in [6.07, 6.45) is 7.64. The summed E-state index contributed by atoms with van der Waals surface area (Å²) in [5, 5.41) is 3.84. The van der Waals surface area contributed by atoms with Crippen LogP contribution in [0, 0.1) is 16.7 Å². The smallest absolute Gasteiger partial charge is 0.0655 e. The zero-order valence-corrected chi connectivity index (χ0v) is 11.6. The topological polar surface area (TPSA) is 21.3 Å². The molecule has 17 heavy (non-hydrogen) atoms. The fourth-order valence-corrected chi connectivity index (χ4v) is 3.63. The number of hydrogen-bond acceptors (Lipinski definition) is 2. The molecule has 3 saturated carbocycles. The molecule has 2 nitrogen and oxygen atoms in total. The SMILES string of the molecule is CCOC1CC(NCC2(C3CC3)CC2)C1(C)C. The number of ether oxygens (including phenoxy) is 1. The summed E-state index contributed by atoms with van der Waals surface area (Å²) in [5.41, 5.74) is 1.06. The fourth-order valence-electron chi connectivity index (χ4n) is 3.63. The lowest BCUT2D eigenvalue weighted by Crippen LogP contribution is -2.61. The van der Waals surface area contributed by atoms with Gasteiger partial charge in [0.25, 0.3) is 0 Å². The molecule has 0 aromatic rings. The van der Waals surface area contributed by atoms with E-state index in [0.717, 1.165) is 17.9 Å². The first-order valence-electron chi connectivity index (χ1n) is 7.43. The Labute approximate surface area is 105 Å². The molecule has 3 aliphatic rings. The van der Waals surface area contributed by atoms with Gasteiger partial charge in [-0.1, -0.05) is 13.8 Å². The zero-order valence-electron chi connectivity index (χ0n) is 11.6. The van der Waals surface area contributed by atoms with Gasteiger partial charge in [-0.05, 0) is 50.4 Å². The maximum absolute atomic E-state index is 5.79. The maximum Gasteiger partial charge on any atom is 0.0655 e. The summed E-state index contributed by atoms with van der Waals surface area (Å²) >= 11 is 0. The van der Waals surface area contributed by atoms with Crippen molar-refractivity contribution in [1.29, 1.82) is 0 Å². The molecule has 3 rings (SSSR count). The van der Waals surface area contributed by atoms with E-state index in [1.54, 1.807) is 0 Å². The van der Waals surface area contributed by atoms with Gasteiger partial charge >= 0.3 is 0 Å². The van der Waals surface area contributed by atoms with Crippen molar-refractivity contribution in [3.8, 4) is 0 Å². The molecule has 0 bridgehead atoms. The lowest BCUT2D eigenvalue weighted by Gasteiger charge is -2.52. The van der Waals surface area contributed by atoms with Crippen LogP contribution in [0.1, 0.15) is 52.9 Å². The second-order valence-corrected chi connectivity index (χ2v) is 7.07. The van der Waals surface area contributed by atoms with Crippen molar-refractivity contribution in [2.75, 3.05) is 13.2 Å². The van der Waals surface area contributed by atoms with Crippen LogP contribution in [0.4, 0.5) is 0 Å². The van der Waals surface area contributed by atoms with Crippen LogP contribution in [-0.4, -0.2) is 25.3 Å². The van der Waals surface area contributed by atoms with Gasteiger partial charge in [-0.3, -0.25) is 0 Å². The van der Waals surface area contributed by atoms with E-state index >= 15 is 0 Å². The largest absolute Gasteiger partial charge is 0.378 e. The molecular weight excluding hydrogens is 210 g/mol. The minimum Gasteiger partial charge on any atom is -0.378 e. The lowest BCUT2D eigenvalue weighted by atomic mass is 9.64. The molecule has 3 fully saturated rings. The van der Waals surface area contributed by atoms with Gasteiger partial charge in [-0.25, -0.2) is 0 Å². The number of hydrogen-bond donors (Lipinski definition) is 1. The van der Waals surface area contributed by atoms with Gasteiger partial charge < -0.3 is 10.1 Å². The predicted molar refractivity (Wildman–Crippen MR) is 70.0 cm³/mol. The highest BCUT2D eigenvalue weighted by molar-refractivity contribution is 5.08. The summed E-state index contributed by atoms with van der Waals surface area (Å²) in [6.45, 7) is 8.93. The maximum atomic E-state index is 5.79. The molecule has 0 radical (unpaired) electrons. The summed E-state index contributed by atoms with van der Waals surface area (Å²) in [6, 6.07) is 0.676. The summed E-state index contributed by atoms with van der Waals surface area (Å²) in [4.78, 5) is 0. The molecule has 0 amide bonds. The monoisotopic (exact) mass is 237 g/mol. The Balaban J connectivity index is 1.47. The van der Waals surface area contributed by atoms with Gasteiger partial charge in [0.2, 0.25) is 0 Å². The normalized spacial score (nSPS) is 37.6. The number of rotatable bonds is 6. The predicted octanol–water partition coefficient (Wildman–Crippen LogP) is 2.97. The van der Waals surface area contributed by atoms with E-state index in [2.05, 4.69) is 26.1 Å². The van der Waals surface area contributed by atoms with Crippen molar-refractivity contribution in [2.45, 2.75) is 65.0 Å². The van der Waals surface area contributed by atoms with Gasteiger partial charge in [0.05, 0.1) is 6.10 Å². The van der Waals surface area contributed by atoms with E-state index in [1.807, 2.05) is 0 Å². The molecule has 0 saturated heterocycles. The van der Waals surface area contributed by atoms with Gasteiger partial charge in [-0.15, -0.1) is 0 Å². The third kappa shape index (κ3) is 2.04. The van der Waals surface area contributed by atoms with Crippen molar-refractivity contribution in [3.05, 3.63) is 0 Å². The Morgan fingerprint density at radius 3 is 2.41 bits per heavy atom. The second kappa shape index (κ2) is 3.96. The van der Waals surface area contributed by atoms with Crippen molar-refractivity contribution < 1.29 is 4.74 Å². The average Bonchev–Trinajstić information content (AvgIpc) is 3.14. The first-order valence-corrected chi connectivity index (χ1v) is 7.43. The highest BCUT2D eigenvalue weighted by atomic mass is 16.5. The van der Waals surface area contributed by atoms with Gasteiger partial charge in [0.1, 0.15) is 0 Å². The Bertz CT molecular complexity index is 291. The Kier molecular flexibility index (Phi) is 2.79. The van der Waals surface area contributed by atoms with Crippen LogP contribution in [-0.2, 0) is 4.74 Å². The van der Waals surface area contributed by atoms with E-state index in [-0.39, 0.29) is 0 Å². The summed E-state index contributed by atoms with van der Waals surface area (Å²) < 4.78 is 5.79. The van der Waals surface area contributed by atoms with Crippen molar-refractivity contribution in [1.82, 2.24) is 5.32 Å². The van der Waals surface area contributed by atoms with Crippen LogP contribution >= 0.6 is 0 Å². The standard InChI is InChI=1S/C15H27NO/c1-4-17-13-9-12(14(13,2)3)16-10-15(7-8-15)11-5-6-11/h11-13,16H,4-10H2,1-3H3. The van der Waals surface area contributed by atoms with Gasteiger partial charge in [-0.2, -0.15) is 0 Å². The second-order valence-electron chi connectivity index (χ2n) is 7.07. The van der Waals surface area contributed by atoms with Crippen LogP contribution in [0.25, 0.3) is 0 Å². The third-order valence-electron chi connectivity index (χ3n) is 5.58. The van der Waals surface area contributed by atoms with Gasteiger partial charge in [0.15, 0.2) is 0 Å². The molecule has 0 spiro atoms. The van der Waals surface area contributed by atoms with Crippen molar-refractivity contribution in [3.63, 3.8) is 0 Å². The summed E-state index contributed by atoms with van der Waals surface area (Å²) in [5.74, 6) is 1.07. The molecular formula is C15H27NO. The number of nitrogens with one attached hydrogen (secondary N) is 1. The zero-order chi connectivity index (χ0) is 12.1. The fraction of sp³-hybridized carbons (Fsp3) is 1.00. The Morgan fingerprint density at radius 2 is 1.94 bits per heavy atom. The quantitative estimate of drug-likeness (QED) is 0.767. The van der Waals surface area contributed by atoms with Crippen molar-refractivity contribution >= 4 is 0 Å². The van der Waals surface area contributed by atoms with Crippen LogP contribution in [0.5, 0.6) is 0 Å². The molecule has 98 valence electrons. The lowest BCUT2D eigenvalue weighted by molar-refractivity contribution is -0.115. The van der Waals surface area contributed by atoms with Gasteiger partial charge in [0, 0.05) is 24.6 Å². The minimum atomic E-state index is 0.329. The molecule has 0 aliphatic heterocycles. The molecule has 1 N–H and O–H groups in total. The summed E-state index contributed by atoms with van der Waals surface area (Å²) in [7, 11) is 0. The first-order chi connectivity index (χ1) is 8.08. The van der Waals surface area contributed by atoms with E-state index in [4.69, 9.17) is 4.74 Å². The van der Waals surface area contributed by atoms with Crippen molar-refractivity contribution in [2.24, 2.45) is 16.7 Å². The Morgan fingerprint density at radius 1 is 1.24 bits per heavy atom. The van der Waals surface area contributed by atoms with E-state index in [1.165, 1.54) is 38.6 Å². The van der Waals surface area contributed by atoms with Crippen LogP contribution < -0.4 is 5.32 Å². The molecule has 0 heterocycles. The molecule has 3 aliphatic carbocycles. The minimum absolute atomic E-state index is 0.329. The Hall–Kier alpha value is -0.0800. The average molecular weight is 237 g/mol. The highest BCUT2D eigenvalue weighted by Crippen LogP contribution is 2.61. The molecule has 0 aromatic heterocycles. The van der Waals surface area contributed by atoms with Crippen LogP contribution in [0.15, 0.2) is 0 Å². The van der Waals surface area contributed by atoms with E-state index in [9.17, 15) is 0 Å². The first kappa shape index (κ1) is 12.0.